The fourth-order valence-electron chi connectivity index (χ4n) is 11.8. The number of aromatic amines is 5. The lowest BCUT2D eigenvalue weighted by Gasteiger charge is -2.10. The number of H-pyrrole nitrogens is 5. The van der Waals surface area contributed by atoms with Gasteiger partial charge in [0.15, 0.2) is 11.6 Å². The smallest absolute Gasteiger partial charge is 0.466 e. The molecule has 7 heterocycles. The first-order chi connectivity index (χ1) is 69.7. The number of ether oxygens (including phenoxy) is 7. The van der Waals surface area contributed by atoms with Gasteiger partial charge in [0, 0.05) is 98.3 Å². The maximum atomic E-state index is 13.1. The number of aromatic nitrogens is 11. The minimum Gasteiger partial charge on any atom is -0.466 e. The number of aliphatic hydroxyl groups is 1. The summed E-state index contributed by atoms with van der Waals surface area (Å²) in [5.41, 5.74) is 10.1. The Kier molecular flexibility index (Phi) is 64.0. The molecule has 1 atom stereocenters. The van der Waals surface area contributed by atoms with Crippen LogP contribution in [0.1, 0.15) is 110 Å². The quantitative estimate of drug-likeness (QED) is 0.00471. The Morgan fingerprint density at radius 1 is 0.477 bits per heavy atom. The van der Waals surface area contributed by atoms with Crippen LogP contribution in [0.3, 0.4) is 0 Å². The average Bonchev–Trinajstić information content (AvgIpc) is 1.60. The number of nitrogens with one attached hydrogen (secondary N) is 5. The molecule has 0 saturated carbocycles. The highest BCUT2D eigenvalue weighted by Gasteiger charge is 2.28. The second-order valence-corrected chi connectivity index (χ2v) is 40.7. The summed E-state index contributed by atoms with van der Waals surface area (Å²) in [4.78, 5) is 161. The number of nitrogen functional groups attached to an aromatic ring is 1. The monoisotopic (exact) mass is 2460 g/mol. The summed E-state index contributed by atoms with van der Waals surface area (Å²) >= 11 is 94.3. The van der Waals surface area contributed by atoms with E-state index in [0.29, 0.717) is 156 Å². The van der Waals surface area contributed by atoms with Gasteiger partial charge in [-0.2, -0.15) is 19.6 Å². The SMILES string of the molecule is C.CCO.CCOC(=O)C(C#N)c1ccc(Cl)cc1Cl.CCOC(=O)CBr.CCOC(=O)CC(C)=O.CCOC(=O)Cn1c(=O)c(-c2ccc(Cl)cc2Cl)c2[nH]c(C)cc(=O)n21.CCOC(=O)Cn1c(=O)c(-c2ccc(Cl)cc2Cl)c2nc(C)cc(Cl)n21.CCOC(=O)OCC.Cc1cc(=O)n2[nH]c(=O)c(-c3ccc(Cl)cc3Cl)c2[nH]1.N#CCc1ccc(Cl)cc1Cl.NN.Nc1[nH][nH]c(=O)c1-c1ccc(Cl)cc1Cl.O=P(Cl)(Cl)Cl. The Bertz CT molecular complexity index is 7260. The van der Waals surface area contributed by atoms with Crippen molar-refractivity contribution >= 4 is 270 Å². The lowest BCUT2D eigenvalue weighted by Crippen LogP contribution is -2.30. The summed E-state index contributed by atoms with van der Waals surface area (Å²) in [5, 5.41) is 34.6. The van der Waals surface area contributed by atoms with E-state index in [1.54, 1.807) is 173 Å². The van der Waals surface area contributed by atoms with Gasteiger partial charge < -0.3 is 54.0 Å². The fraction of sp³-hybridized carbons (Fsp3) is 0.290. The lowest BCUT2D eigenvalue weighted by atomic mass is 10.0. The predicted octanol–water partition coefficient (Wildman–Crippen LogP) is 22.6. The number of fused-ring (bicyclic) bond motifs is 3. The van der Waals surface area contributed by atoms with E-state index in [1.807, 2.05) is 12.1 Å². The number of nitrogens with zero attached hydrogens (tertiary/aromatic N) is 8. The third kappa shape index (κ3) is 45.1. The molecule has 7 aromatic heterocycles. The van der Waals surface area contributed by atoms with E-state index in [2.05, 4.69) is 111 Å². The molecule has 808 valence electrons. The van der Waals surface area contributed by atoms with Gasteiger partial charge in [-0.1, -0.05) is 211 Å². The van der Waals surface area contributed by atoms with Crippen LogP contribution in [-0.2, 0) is 86.0 Å². The third-order valence-corrected chi connectivity index (χ3v) is 21.4. The summed E-state index contributed by atoms with van der Waals surface area (Å²) in [7, 11) is 0. The number of hydrogen-bond acceptors (Lipinski definition) is 28. The van der Waals surface area contributed by atoms with Gasteiger partial charge in [0.2, 0.25) is 0 Å². The molecule has 6 aromatic carbocycles. The second kappa shape index (κ2) is 69.9. The summed E-state index contributed by atoms with van der Waals surface area (Å²) in [5.74, 6) is 4.66. The molecular weight excluding hydrogens is 2370 g/mol. The molecule has 0 bridgehead atoms. The summed E-state index contributed by atoms with van der Waals surface area (Å²) < 4.78 is 47.9. The number of ketones is 1. The number of esters is 5. The Morgan fingerprint density at radius 3 is 1.24 bits per heavy atom. The Labute approximate surface area is 939 Å². The van der Waals surface area contributed by atoms with E-state index in [9.17, 15) is 66.9 Å². The summed E-state index contributed by atoms with van der Waals surface area (Å²) in [6.07, 6.45) is -0.362. The van der Waals surface area contributed by atoms with E-state index < -0.39 is 69.9 Å². The number of carbonyl (C=O) groups is 7. The van der Waals surface area contributed by atoms with Crippen molar-refractivity contribution in [2.45, 2.75) is 122 Å². The molecule has 56 heteroatoms. The van der Waals surface area contributed by atoms with E-state index in [-0.39, 0.29) is 107 Å². The number of hydrogen-bond donors (Lipinski definition) is 9. The minimum atomic E-state index is -3.22. The molecule has 13 rings (SSSR count). The molecule has 0 aliphatic carbocycles. The number of rotatable bonds is 21. The number of nitrogens with two attached hydrogens (primary N) is 3. The van der Waals surface area contributed by atoms with E-state index in [4.69, 9.17) is 186 Å². The first-order valence-corrected chi connectivity index (χ1v) is 53.0. The number of aliphatic hydroxyl groups excluding tert-OH is 1. The maximum absolute atomic E-state index is 13.1. The molecule has 1 unspecified atom stereocenters. The van der Waals surface area contributed by atoms with Crippen LogP contribution in [0, 0.1) is 43.4 Å². The van der Waals surface area contributed by atoms with Crippen molar-refractivity contribution in [3.63, 3.8) is 0 Å². The first kappa shape index (κ1) is 136. The molecule has 0 amide bonds. The Balaban J connectivity index is 0.000000851. The van der Waals surface area contributed by atoms with E-state index in [1.165, 1.54) is 46.5 Å². The zero-order valence-corrected chi connectivity index (χ0v) is 94.7. The van der Waals surface area contributed by atoms with Gasteiger partial charge in [0.25, 0.3) is 33.4 Å². The highest BCUT2D eigenvalue weighted by atomic mass is 79.9. The molecule has 0 aliphatic heterocycles. The molecule has 38 nitrogen and oxygen atoms in total. The topological polar surface area (TPSA) is 564 Å². The zero-order valence-electron chi connectivity index (χ0n) is 80.1. The largest absolute Gasteiger partial charge is 0.508 e. The third-order valence-electron chi connectivity index (χ3n) is 17.3. The van der Waals surface area contributed by atoms with Crippen LogP contribution in [0.5, 0.6) is 0 Å². The highest BCUT2D eigenvalue weighted by molar-refractivity contribution is 9.09. The van der Waals surface area contributed by atoms with Gasteiger partial charge in [-0.05, 0) is 207 Å². The number of alkyl halides is 1. The number of aryl methyl sites for hydroxylation is 3. The minimum absolute atomic E-state index is 0. The molecular formula is C93H100BrCl16N16O22P. The maximum Gasteiger partial charge on any atom is 0.508 e. The van der Waals surface area contributed by atoms with Crippen molar-refractivity contribution < 1.29 is 76.4 Å². The van der Waals surface area contributed by atoms with Crippen LogP contribution in [0.2, 0.25) is 65.4 Å². The van der Waals surface area contributed by atoms with Gasteiger partial charge in [0.1, 0.15) is 52.9 Å². The standard InChI is InChI=1S/C17H14Cl3N3O3.C17H15Cl2N3O4.C13H9Cl2N3O2.C11H9Cl2NO2.C9H7Cl2N3O.C8H5Cl2N.C6H10O3.C5H10O3.C4H7BrO2.C2H6O.CH4.Cl3OP.H4N2/c1-3-26-14(24)8-22-17(25)15(11-5-4-10(18)7-12(11)19)16-21-9(2)6-13(20)23(16)22;1-3-26-14(24)8-21-17(25)15(11-5-4-10(18)7-12(11)19)16-20-9(2)6-13(23)22(16)21;1-6-4-10(19)18-12(16-6)11(13(20)17-18)8-3-2-7(14)5-9(8)15;1-2-16-11(15)9(6-14)8-4-3-7(12)5-10(8)13;10-4-1-2-5(6(11)3-4)7-8(12)13-14-9(7)15;9-7-2-1-6(3-4-11)8(10)5-7;1-3-9-6(8)4-5(2)7;1-3-7-5(6)8-4-2;1-2-7-4(6)3-5;1-2-3;;1-5(2,3)4;1-2/h4-7H,3,8H2,1-2H3;4-7,20H,3,8H2,1-2H3;2-5,16H,1H3,(H,17,20);3-5,9H,2H2,1H3;1-3H,(H4,12,13,14,15);1-2,5H,3H2;3-4H2,1-2H3;3-4H2,1-2H3;2-3H2,1H3;3H,2H2,1H3;1H4;;1-2H2. The van der Waals surface area contributed by atoms with Gasteiger partial charge in [-0.3, -0.25) is 89.1 Å². The van der Waals surface area contributed by atoms with Gasteiger partial charge in [-0.15, -0.1) is 0 Å². The fourth-order valence-corrected chi connectivity index (χ4v) is 15.3. The van der Waals surface area contributed by atoms with Crippen LogP contribution < -0.4 is 50.8 Å². The number of anilines is 1. The lowest BCUT2D eigenvalue weighted by molar-refractivity contribution is -0.146. The average molecular weight is 2470 g/mol. The summed E-state index contributed by atoms with van der Waals surface area (Å²) in [6.45, 7) is 21.9. The van der Waals surface area contributed by atoms with Gasteiger partial charge in [-0.25, -0.2) is 23.7 Å². The number of nitriles is 2. The second-order valence-electron chi connectivity index (χ2n) is 28.1. The number of halogens is 17. The van der Waals surface area contributed by atoms with Crippen molar-refractivity contribution in [3.8, 4) is 56.6 Å². The van der Waals surface area contributed by atoms with E-state index >= 15 is 0 Å². The van der Waals surface area contributed by atoms with Crippen molar-refractivity contribution in [1.82, 2.24) is 53.2 Å². The molecule has 0 fully saturated rings. The number of hydrazine groups is 1. The zero-order chi connectivity index (χ0) is 112. The van der Waals surface area contributed by atoms with Crippen LogP contribution in [-0.4, -0.2) is 158 Å². The Morgan fingerprint density at radius 2 is 0.852 bits per heavy atom. The number of benzene rings is 6. The van der Waals surface area contributed by atoms with E-state index in [0.717, 1.165) is 19.3 Å². The highest BCUT2D eigenvalue weighted by Crippen LogP contribution is 2.61. The van der Waals surface area contributed by atoms with Crippen LogP contribution in [0.4, 0.5) is 10.6 Å². The van der Waals surface area contributed by atoms with Crippen molar-refractivity contribution in [2.24, 2.45) is 11.7 Å². The Hall–Kier alpha value is -10.5. The van der Waals surface area contributed by atoms with Gasteiger partial charge in [0.05, 0.1) is 107 Å². The first-order valence-electron chi connectivity index (χ1n) is 42.6. The summed E-state index contributed by atoms with van der Waals surface area (Å²) in [6, 6.07) is 37.1. The number of carbonyl (C=O) groups excluding carboxylic acids is 7. The molecule has 0 aliphatic rings. The number of Topliss-reactive ketones (excluding diaryl/α,β-unsaturated/α-hetero) is 1. The van der Waals surface area contributed by atoms with Crippen molar-refractivity contribution in [3.05, 3.63) is 283 Å². The van der Waals surface area contributed by atoms with Gasteiger partial charge >= 0.3 is 41.2 Å². The van der Waals surface area contributed by atoms with Crippen molar-refractivity contribution in [1.29, 1.82) is 10.5 Å². The molecule has 149 heavy (non-hydrogen) atoms. The molecule has 0 saturated heterocycles. The molecule has 0 radical (unpaired) electrons. The molecule has 13 aromatic rings. The van der Waals surface area contributed by atoms with Crippen LogP contribution in [0.15, 0.2) is 156 Å². The van der Waals surface area contributed by atoms with Crippen molar-refractivity contribution in [2.75, 3.05) is 63.9 Å². The van der Waals surface area contributed by atoms with Crippen LogP contribution in [0.25, 0.3) is 61.4 Å². The van der Waals surface area contributed by atoms with Crippen LogP contribution >= 0.6 is 206 Å². The molecule has 12 N–H and O–H groups in total. The normalized spacial score (nSPS) is 10.3. The predicted molar refractivity (Wildman–Crippen MR) is 592 cm³/mol. The molecule has 0 spiro atoms.